The molecule has 35 heavy (non-hydrogen) atoms. The van der Waals surface area contributed by atoms with Gasteiger partial charge < -0.3 is 30.0 Å². The molecule has 0 aromatic carbocycles. The molecule has 2 rings (SSSR count). The minimum Gasteiger partial charge on any atom is -0.379 e. The Morgan fingerprint density at radius 1 is 0.743 bits per heavy atom. The highest BCUT2D eigenvalue weighted by Gasteiger charge is 2.15. The summed E-state index contributed by atoms with van der Waals surface area (Å²) in [7, 11) is 0. The van der Waals surface area contributed by atoms with Crippen LogP contribution in [0.25, 0.3) is 0 Å². The fraction of sp³-hybridized carbons (Fsp3) is 0.960. The number of hydrogen-bond donors (Lipinski definition) is 3. The number of carbonyl (C=O) groups is 1. The summed E-state index contributed by atoms with van der Waals surface area (Å²) in [4.78, 5) is 14.4. The Morgan fingerprint density at radius 2 is 1.34 bits per heavy atom. The van der Waals surface area contributed by atoms with Crippen molar-refractivity contribution in [1.82, 2.24) is 15.2 Å². The Bertz CT molecular complexity index is 522. The molecule has 2 unspecified atom stereocenters. The Labute approximate surface area is 212 Å². The van der Waals surface area contributed by atoms with E-state index in [1.54, 1.807) is 0 Å². The Morgan fingerprint density at radius 3 is 2.03 bits per heavy atom. The molecule has 1 saturated heterocycles. The number of rotatable bonds is 17. The highest BCUT2D eigenvalue weighted by molar-refractivity contribution is 5.75. The molecule has 1 aliphatic heterocycles. The van der Waals surface area contributed by atoms with Crippen LogP contribution in [0.5, 0.6) is 0 Å². The molecule has 5 N–H and O–H groups in total. The summed E-state index contributed by atoms with van der Waals surface area (Å²) in [6.45, 7) is 9.87. The van der Waals surface area contributed by atoms with Crippen LogP contribution in [-0.4, -0.2) is 114 Å². The lowest BCUT2D eigenvalue weighted by Gasteiger charge is -2.31. The average Bonchev–Trinajstić information content (AvgIpc) is 2.96. The van der Waals surface area contributed by atoms with Crippen molar-refractivity contribution in [3.63, 3.8) is 0 Å². The topological polar surface area (TPSA) is 125 Å². The first-order valence-electron chi connectivity index (χ1n) is 13.7. The second kappa shape index (κ2) is 20.2. The third-order valence-electron chi connectivity index (χ3n) is 6.77. The van der Waals surface area contributed by atoms with Crippen LogP contribution in [0.3, 0.4) is 0 Å². The number of nitrogens with zero attached hydrogens (tertiary/aromatic N) is 2. The third-order valence-corrected chi connectivity index (χ3v) is 6.77. The molecule has 10 heteroatoms. The molecule has 0 spiro atoms. The molecule has 0 aromatic rings. The lowest BCUT2D eigenvalue weighted by atomic mass is 9.96. The number of piperazine rings is 1. The SMILES string of the molecule is NC1CCCCCC(CNC(=O)CCOCCOCCOCCOCCN2CCN(N)CC2)CC1. The molecule has 2 aliphatic rings. The summed E-state index contributed by atoms with van der Waals surface area (Å²) in [5, 5.41) is 4.93. The van der Waals surface area contributed by atoms with Gasteiger partial charge in [0.2, 0.25) is 5.91 Å². The lowest BCUT2D eigenvalue weighted by molar-refractivity contribution is -0.122. The molecule has 2 fully saturated rings. The van der Waals surface area contributed by atoms with Crippen molar-refractivity contribution in [1.29, 1.82) is 0 Å². The van der Waals surface area contributed by atoms with Gasteiger partial charge in [-0.25, -0.2) is 5.01 Å². The van der Waals surface area contributed by atoms with Gasteiger partial charge in [0.25, 0.3) is 0 Å². The summed E-state index contributed by atoms with van der Waals surface area (Å²) in [5.74, 6) is 6.36. The van der Waals surface area contributed by atoms with Crippen molar-refractivity contribution >= 4 is 5.91 Å². The molecule has 1 amide bonds. The van der Waals surface area contributed by atoms with Crippen molar-refractivity contribution in [2.45, 2.75) is 57.4 Å². The van der Waals surface area contributed by atoms with Crippen LogP contribution in [0.1, 0.15) is 51.4 Å². The monoisotopic (exact) mass is 501 g/mol. The third kappa shape index (κ3) is 16.5. The van der Waals surface area contributed by atoms with Crippen molar-refractivity contribution < 1.29 is 23.7 Å². The molecule has 1 heterocycles. The number of hydrazine groups is 1. The van der Waals surface area contributed by atoms with E-state index in [1.807, 2.05) is 5.01 Å². The maximum atomic E-state index is 12.1. The molecule has 2 atom stereocenters. The first-order valence-corrected chi connectivity index (χ1v) is 13.7. The fourth-order valence-electron chi connectivity index (χ4n) is 4.41. The van der Waals surface area contributed by atoms with E-state index in [4.69, 9.17) is 30.5 Å². The van der Waals surface area contributed by atoms with Gasteiger partial charge in [0.15, 0.2) is 0 Å². The molecule has 1 aliphatic carbocycles. The van der Waals surface area contributed by atoms with Gasteiger partial charge in [-0.15, -0.1) is 0 Å². The zero-order valence-electron chi connectivity index (χ0n) is 21.8. The highest BCUT2D eigenvalue weighted by atomic mass is 16.6. The van der Waals surface area contributed by atoms with E-state index in [1.165, 1.54) is 25.7 Å². The van der Waals surface area contributed by atoms with Crippen LogP contribution in [0.4, 0.5) is 0 Å². The van der Waals surface area contributed by atoms with E-state index in [0.717, 1.165) is 65.1 Å². The quantitative estimate of drug-likeness (QED) is 0.195. The summed E-state index contributed by atoms with van der Waals surface area (Å²) in [5.41, 5.74) is 6.15. The summed E-state index contributed by atoms with van der Waals surface area (Å²) < 4.78 is 22.1. The van der Waals surface area contributed by atoms with Crippen molar-refractivity contribution in [2.24, 2.45) is 17.5 Å². The van der Waals surface area contributed by atoms with Crippen LogP contribution in [0.15, 0.2) is 0 Å². The van der Waals surface area contributed by atoms with Gasteiger partial charge in [0, 0.05) is 51.7 Å². The van der Waals surface area contributed by atoms with Crippen LogP contribution in [0, 0.1) is 5.92 Å². The predicted octanol–water partition coefficient (Wildman–Crippen LogP) is 0.738. The molecular weight excluding hydrogens is 450 g/mol. The van der Waals surface area contributed by atoms with Gasteiger partial charge in [0.05, 0.1) is 52.9 Å². The van der Waals surface area contributed by atoms with Crippen LogP contribution in [-0.2, 0) is 23.7 Å². The van der Waals surface area contributed by atoms with E-state index in [0.29, 0.717) is 64.6 Å². The maximum Gasteiger partial charge on any atom is 0.222 e. The van der Waals surface area contributed by atoms with Gasteiger partial charge in [-0.3, -0.25) is 15.5 Å². The fourth-order valence-corrected chi connectivity index (χ4v) is 4.41. The Kier molecular flexibility index (Phi) is 17.6. The van der Waals surface area contributed by atoms with Crippen molar-refractivity contribution in [2.75, 3.05) is 92.1 Å². The number of nitrogens with two attached hydrogens (primary N) is 2. The normalized spacial score (nSPS) is 22.9. The molecule has 0 bridgehead atoms. The summed E-state index contributed by atoms with van der Waals surface area (Å²) >= 11 is 0. The van der Waals surface area contributed by atoms with E-state index in [-0.39, 0.29) is 5.91 Å². The predicted molar refractivity (Wildman–Crippen MR) is 137 cm³/mol. The molecule has 10 nitrogen and oxygen atoms in total. The van der Waals surface area contributed by atoms with Crippen molar-refractivity contribution in [3.8, 4) is 0 Å². The molecule has 0 radical (unpaired) electrons. The van der Waals surface area contributed by atoms with E-state index in [9.17, 15) is 4.79 Å². The maximum absolute atomic E-state index is 12.1. The minimum absolute atomic E-state index is 0.0591. The molecule has 0 aromatic heterocycles. The number of ether oxygens (including phenoxy) is 4. The standard InChI is InChI=1S/C25H51N5O5/c26-24-5-3-1-2-4-23(6-7-24)22-28-25(31)8-14-32-16-18-34-20-21-35-19-17-33-15-13-29-9-11-30(27)12-10-29/h23-24H,1-22,26-27H2,(H,28,31). The number of carbonyl (C=O) groups excluding carboxylic acids is 1. The van der Waals surface area contributed by atoms with Crippen LogP contribution in [0.2, 0.25) is 0 Å². The van der Waals surface area contributed by atoms with Gasteiger partial charge >= 0.3 is 0 Å². The van der Waals surface area contributed by atoms with E-state index >= 15 is 0 Å². The summed E-state index contributed by atoms with van der Waals surface area (Å²) in [6.07, 6.45) is 8.61. The van der Waals surface area contributed by atoms with Gasteiger partial charge in [-0.05, 0) is 31.6 Å². The lowest BCUT2D eigenvalue weighted by Crippen LogP contribution is -2.50. The average molecular weight is 502 g/mol. The smallest absolute Gasteiger partial charge is 0.222 e. The van der Waals surface area contributed by atoms with E-state index in [2.05, 4.69) is 10.2 Å². The molecule has 206 valence electrons. The number of nitrogens with one attached hydrogen (secondary N) is 1. The second-order valence-corrected chi connectivity index (χ2v) is 9.72. The highest BCUT2D eigenvalue weighted by Crippen LogP contribution is 2.20. The largest absolute Gasteiger partial charge is 0.379 e. The van der Waals surface area contributed by atoms with Crippen molar-refractivity contribution in [3.05, 3.63) is 0 Å². The van der Waals surface area contributed by atoms with Gasteiger partial charge in [0.1, 0.15) is 0 Å². The minimum atomic E-state index is 0.0591. The van der Waals surface area contributed by atoms with E-state index < -0.39 is 0 Å². The molecular formula is C25H51N5O5. The Balaban J connectivity index is 1.29. The first-order chi connectivity index (χ1) is 17.1. The molecule has 1 saturated carbocycles. The van der Waals surface area contributed by atoms with Gasteiger partial charge in [-0.1, -0.05) is 19.3 Å². The van der Waals surface area contributed by atoms with Crippen LogP contribution < -0.4 is 16.9 Å². The zero-order chi connectivity index (χ0) is 25.0. The van der Waals surface area contributed by atoms with Gasteiger partial charge in [-0.2, -0.15) is 0 Å². The number of hydrogen-bond acceptors (Lipinski definition) is 9. The summed E-state index contributed by atoms with van der Waals surface area (Å²) in [6, 6.07) is 0.321. The number of amides is 1. The Hall–Kier alpha value is -0.850. The van der Waals surface area contributed by atoms with Crippen LogP contribution >= 0.6 is 0 Å². The first kappa shape index (κ1) is 30.4. The zero-order valence-corrected chi connectivity index (χ0v) is 21.8. The second-order valence-electron chi connectivity index (χ2n) is 9.72.